The number of ether oxygens (including phenoxy) is 1. The van der Waals surface area contributed by atoms with E-state index in [0.717, 1.165) is 10.2 Å². The number of aryl methyl sites for hydroxylation is 1. The molecule has 2 rings (SSSR count). The molecule has 0 aliphatic heterocycles. The predicted molar refractivity (Wildman–Crippen MR) is 87.3 cm³/mol. The fourth-order valence-corrected chi connectivity index (χ4v) is 2.36. The molecule has 4 nitrogen and oxygen atoms in total. The van der Waals surface area contributed by atoms with Crippen LogP contribution in [0.2, 0.25) is 5.15 Å². The maximum absolute atomic E-state index is 12.3. The highest BCUT2D eigenvalue weighted by Crippen LogP contribution is 2.27. The average Bonchev–Trinajstić information content (AvgIpc) is 2.48. The van der Waals surface area contributed by atoms with Crippen LogP contribution in [-0.2, 0) is 6.42 Å². The monoisotopic (exact) mass is 368 g/mol. The average molecular weight is 370 g/mol. The zero-order valence-electron chi connectivity index (χ0n) is 11.6. The van der Waals surface area contributed by atoms with Gasteiger partial charge < -0.3 is 10.1 Å². The Labute approximate surface area is 136 Å². The van der Waals surface area contributed by atoms with E-state index in [9.17, 15) is 4.79 Å². The van der Waals surface area contributed by atoms with E-state index in [-0.39, 0.29) is 5.91 Å². The highest BCUT2D eigenvalue weighted by Gasteiger charge is 2.11. The number of nitrogens with one attached hydrogen (secondary N) is 1. The fourth-order valence-electron chi connectivity index (χ4n) is 1.79. The van der Waals surface area contributed by atoms with Gasteiger partial charge in [-0.3, -0.25) is 4.79 Å². The first-order valence-electron chi connectivity index (χ1n) is 6.35. The molecular weight excluding hydrogens is 356 g/mol. The van der Waals surface area contributed by atoms with E-state index in [1.54, 1.807) is 31.4 Å². The second kappa shape index (κ2) is 6.91. The van der Waals surface area contributed by atoms with Crippen molar-refractivity contribution in [3.63, 3.8) is 0 Å². The first-order chi connectivity index (χ1) is 10.0. The number of rotatable bonds is 4. The molecule has 0 aliphatic carbocycles. The second-order valence-corrected chi connectivity index (χ2v) is 5.56. The maximum Gasteiger partial charge on any atom is 0.255 e. The maximum atomic E-state index is 12.3. The van der Waals surface area contributed by atoms with Gasteiger partial charge in [-0.2, -0.15) is 0 Å². The van der Waals surface area contributed by atoms with Gasteiger partial charge >= 0.3 is 0 Å². The molecule has 6 heteroatoms. The van der Waals surface area contributed by atoms with Crippen molar-refractivity contribution in [1.29, 1.82) is 0 Å². The zero-order chi connectivity index (χ0) is 15.4. The molecule has 1 heterocycles. The molecule has 110 valence electrons. The highest BCUT2D eigenvalue weighted by atomic mass is 79.9. The summed E-state index contributed by atoms with van der Waals surface area (Å²) in [4.78, 5) is 16.5. The van der Waals surface area contributed by atoms with Gasteiger partial charge in [0.15, 0.2) is 0 Å². The third-order valence-electron chi connectivity index (χ3n) is 2.89. The molecule has 1 N–H and O–H groups in total. The van der Waals surface area contributed by atoms with Gasteiger partial charge in [-0.05, 0) is 46.6 Å². The summed E-state index contributed by atoms with van der Waals surface area (Å²) in [5.41, 5.74) is 1.88. The van der Waals surface area contributed by atoms with Crippen LogP contribution in [0.4, 0.5) is 5.69 Å². The minimum absolute atomic E-state index is 0.247. The SMILES string of the molecule is CCc1cc(C(=O)Nc2cc(OC)ccc2Br)cc(Cl)n1. The Bertz CT molecular complexity index is 677. The van der Waals surface area contributed by atoms with E-state index >= 15 is 0 Å². The summed E-state index contributed by atoms with van der Waals surface area (Å²) in [5, 5.41) is 3.14. The molecule has 0 bridgehead atoms. The standard InChI is InChI=1S/C15H14BrClN2O2/c1-3-10-6-9(7-14(17)18-10)15(20)19-13-8-11(21-2)4-5-12(13)16/h4-8H,3H2,1-2H3,(H,19,20). The number of hydrogen-bond acceptors (Lipinski definition) is 3. The van der Waals surface area contributed by atoms with Crippen molar-refractivity contribution < 1.29 is 9.53 Å². The van der Waals surface area contributed by atoms with Gasteiger partial charge in [0.25, 0.3) is 5.91 Å². The van der Waals surface area contributed by atoms with Gasteiger partial charge in [0.05, 0.1) is 12.8 Å². The summed E-state index contributed by atoms with van der Waals surface area (Å²) in [7, 11) is 1.57. The van der Waals surface area contributed by atoms with Crippen molar-refractivity contribution in [1.82, 2.24) is 4.98 Å². The molecule has 0 fully saturated rings. The van der Waals surface area contributed by atoms with Crippen LogP contribution >= 0.6 is 27.5 Å². The minimum Gasteiger partial charge on any atom is -0.497 e. The van der Waals surface area contributed by atoms with Crippen molar-refractivity contribution in [3.05, 3.63) is 51.2 Å². The second-order valence-electron chi connectivity index (χ2n) is 4.32. The number of halogens is 2. The van der Waals surface area contributed by atoms with Crippen LogP contribution < -0.4 is 10.1 Å². The first-order valence-corrected chi connectivity index (χ1v) is 7.52. The van der Waals surface area contributed by atoms with E-state index in [2.05, 4.69) is 26.2 Å². The van der Waals surface area contributed by atoms with Crippen LogP contribution in [0.15, 0.2) is 34.8 Å². The topological polar surface area (TPSA) is 51.2 Å². The third-order valence-corrected chi connectivity index (χ3v) is 3.78. The van der Waals surface area contributed by atoms with Gasteiger partial charge in [0, 0.05) is 21.8 Å². The van der Waals surface area contributed by atoms with Crippen molar-refractivity contribution in [2.75, 3.05) is 12.4 Å². The summed E-state index contributed by atoms with van der Waals surface area (Å²) >= 11 is 9.33. The molecule has 0 aliphatic rings. The Morgan fingerprint density at radius 3 is 2.81 bits per heavy atom. The number of methoxy groups -OCH3 is 1. The molecule has 0 unspecified atom stereocenters. The fraction of sp³-hybridized carbons (Fsp3) is 0.200. The Kier molecular flexibility index (Phi) is 5.20. The summed E-state index contributed by atoms with van der Waals surface area (Å²) in [6.07, 6.45) is 0.712. The van der Waals surface area contributed by atoms with Gasteiger partial charge in [0.2, 0.25) is 0 Å². The summed E-state index contributed by atoms with van der Waals surface area (Å²) in [5.74, 6) is 0.415. The molecule has 0 saturated carbocycles. The van der Waals surface area contributed by atoms with Crippen LogP contribution in [0.1, 0.15) is 23.0 Å². The predicted octanol–water partition coefficient (Wildman–Crippen LogP) is 4.32. The lowest BCUT2D eigenvalue weighted by Gasteiger charge is -2.10. The lowest BCUT2D eigenvalue weighted by molar-refractivity contribution is 0.102. The zero-order valence-corrected chi connectivity index (χ0v) is 14.0. The first kappa shape index (κ1) is 15.8. The van der Waals surface area contributed by atoms with E-state index in [1.165, 1.54) is 0 Å². The largest absolute Gasteiger partial charge is 0.497 e. The number of anilines is 1. The number of amides is 1. The van der Waals surface area contributed by atoms with Crippen molar-refractivity contribution >= 4 is 39.1 Å². The Morgan fingerprint density at radius 1 is 1.38 bits per heavy atom. The minimum atomic E-state index is -0.247. The lowest BCUT2D eigenvalue weighted by atomic mass is 10.2. The van der Waals surface area contributed by atoms with Crippen LogP contribution in [0.25, 0.3) is 0 Å². The molecule has 2 aromatic rings. The van der Waals surface area contributed by atoms with Gasteiger partial charge in [-0.25, -0.2) is 4.98 Å². The molecule has 0 saturated heterocycles. The number of aromatic nitrogens is 1. The number of nitrogens with zero attached hydrogens (tertiary/aromatic N) is 1. The Balaban J connectivity index is 2.27. The van der Waals surface area contributed by atoms with Crippen molar-refractivity contribution in [2.24, 2.45) is 0 Å². The molecule has 0 spiro atoms. The number of carbonyl (C=O) groups excluding carboxylic acids is 1. The Morgan fingerprint density at radius 2 is 2.14 bits per heavy atom. The summed E-state index contributed by atoms with van der Waals surface area (Å²) < 4.78 is 5.92. The molecule has 1 aromatic carbocycles. The number of benzene rings is 1. The van der Waals surface area contributed by atoms with E-state index in [0.29, 0.717) is 28.6 Å². The number of hydrogen-bond donors (Lipinski definition) is 1. The van der Waals surface area contributed by atoms with Gasteiger partial charge in [-0.1, -0.05) is 18.5 Å². The molecule has 0 radical (unpaired) electrons. The molecule has 1 aromatic heterocycles. The van der Waals surface area contributed by atoms with Gasteiger partial charge in [-0.15, -0.1) is 0 Å². The number of carbonyl (C=O) groups is 1. The van der Waals surface area contributed by atoms with E-state index in [4.69, 9.17) is 16.3 Å². The molecule has 0 atom stereocenters. The third kappa shape index (κ3) is 3.95. The summed E-state index contributed by atoms with van der Waals surface area (Å²) in [6.45, 7) is 1.96. The van der Waals surface area contributed by atoms with Gasteiger partial charge in [0.1, 0.15) is 10.9 Å². The molecular formula is C15H14BrClN2O2. The smallest absolute Gasteiger partial charge is 0.255 e. The highest BCUT2D eigenvalue weighted by molar-refractivity contribution is 9.10. The van der Waals surface area contributed by atoms with E-state index in [1.807, 2.05) is 13.0 Å². The van der Waals surface area contributed by atoms with E-state index < -0.39 is 0 Å². The van der Waals surface area contributed by atoms with Crippen LogP contribution in [-0.4, -0.2) is 18.0 Å². The molecule has 1 amide bonds. The normalized spacial score (nSPS) is 10.3. The van der Waals surface area contributed by atoms with Crippen molar-refractivity contribution in [2.45, 2.75) is 13.3 Å². The van der Waals surface area contributed by atoms with Crippen molar-refractivity contribution in [3.8, 4) is 5.75 Å². The van der Waals surface area contributed by atoms with Crippen LogP contribution in [0, 0.1) is 0 Å². The molecule has 21 heavy (non-hydrogen) atoms. The van der Waals surface area contributed by atoms with Crippen LogP contribution in [0.3, 0.4) is 0 Å². The van der Waals surface area contributed by atoms with Crippen LogP contribution in [0.5, 0.6) is 5.75 Å². The lowest BCUT2D eigenvalue weighted by Crippen LogP contribution is -2.13. The number of pyridine rings is 1. The Hall–Kier alpha value is -1.59. The quantitative estimate of drug-likeness (QED) is 0.817. The summed E-state index contributed by atoms with van der Waals surface area (Å²) in [6, 6.07) is 8.63.